The molecule has 1 aromatic carbocycles. The minimum atomic E-state index is -0.107. The van der Waals surface area contributed by atoms with Crippen LogP contribution in [0.25, 0.3) is 10.3 Å². The third kappa shape index (κ3) is 2.46. The summed E-state index contributed by atoms with van der Waals surface area (Å²) in [5.41, 5.74) is 1.53. The van der Waals surface area contributed by atoms with Crippen molar-refractivity contribution in [2.45, 2.75) is 25.8 Å². The number of aryl methyl sites for hydroxylation is 1. The number of hydrogen-bond acceptors (Lipinski definition) is 5. The molecule has 2 heterocycles. The highest BCUT2D eigenvalue weighted by atomic mass is 32.1. The van der Waals surface area contributed by atoms with Crippen LogP contribution in [0.5, 0.6) is 0 Å². The summed E-state index contributed by atoms with van der Waals surface area (Å²) >= 11 is 1.15. The van der Waals surface area contributed by atoms with Crippen LogP contribution >= 0.6 is 11.5 Å². The first-order chi connectivity index (χ1) is 9.75. The van der Waals surface area contributed by atoms with Crippen molar-refractivity contribution in [2.24, 2.45) is 0 Å². The molecule has 102 valence electrons. The highest BCUT2D eigenvalue weighted by Crippen LogP contribution is 2.14. The summed E-state index contributed by atoms with van der Waals surface area (Å²) in [5.74, 6) is 0. The molecule has 20 heavy (non-hydrogen) atoms. The van der Waals surface area contributed by atoms with Gasteiger partial charge in [0.1, 0.15) is 0 Å². The predicted octanol–water partition coefficient (Wildman–Crippen LogP) is 2.44. The monoisotopic (exact) mass is 286 g/mol. The van der Waals surface area contributed by atoms with Crippen LogP contribution in [-0.2, 0) is 6.42 Å². The van der Waals surface area contributed by atoms with Crippen LogP contribution < -0.4 is 5.56 Å². The van der Waals surface area contributed by atoms with E-state index in [9.17, 15) is 4.79 Å². The molecule has 5 nitrogen and oxygen atoms in total. The van der Waals surface area contributed by atoms with Gasteiger partial charge in [-0.25, -0.2) is 4.98 Å². The molecule has 2 aromatic heterocycles. The quantitative estimate of drug-likeness (QED) is 0.739. The minimum absolute atomic E-state index is 0.0845. The van der Waals surface area contributed by atoms with Crippen molar-refractivity contribution in [1.82, 2.24) is 19.1 Å². The van der Waals surface area contributed by atoms with Gasteiger partial charge in [-0.15, -0.1) is 5.10 Å². The summed E-state index contributed by atoms with van der Waals surface area (Å²) in [4.78, 5) is 17.1. The lowest BCUT2D eigenvalue weighted by molar-refractivity contribution is 0.489. The molecule has 6 heteroatoms. The van der Waals surface area contributed by atoms with Gasteiger partial charge in [0.2, 0.25) is 0 Å². The highest BCUT2D eigenvalue weighted by molar-refractivity contribution is 7.12. The molecule has 0 radical (unpaired) electrons. The van der Waals surface area contributed by atoms with Gasteiger partial charge in [0, 0.05) is 17.6 Å². The Balaban J connectivity index is 1.80. The second-order valence-electron chi connectivity index (χ2n) is 4.76. The largest absolute Gasteiger partial charge is 0.294 e. The fourth-order valence-electron chi connectivity index (χ4n) is 2.17. The van der Waals surface area contributed by atoms with Crippen LogP contribution in [0, 0.1) is 0 Å². The molecule has 1 atom stereocenters. The third-order valence-electron chi connectivity index (χ3n) is 3.38. The molecule has 0 aliphatic heterocycles. The third-order valence-corrected chi connectivity index (χ3v) is 4.01. The van der Waals surface area contributed by atoms with Crippen LogP contribution in [0.2, 0.25) is 0 Å². The van der Waals surface area contributed by atoms with Crippen molar-refractivity contribution < 1.29 is 0 Å². The molecule has 0 N–H and O–H groups in total. The van der Waals surface area contributed by atoms with Crippen molar-refractivity contribution in [3.8, 4) is 0 Å². The van der Waals surface area contributed by atoms with E-state index in [1.165, 1.54) is 5.56 Å². The first-order valence-corrected chi connectivity index (χ1v) is 7.26. The van der Waals surface area contributed by atoms with Gasteiger partial charge in [-0.1, -0.05) is 34.8 Å². The van der Waals surface area contributed by atoms with Crippen molar-refractivity contribution in [3.63, 3.8) is 0 Å². The highest BCUT2D eigenvalue weighted by Gasteiger charge is 2.12. The molecule has 0 bridgehead atoms. The number of fused-ring (bicyclic) bond motifs is 1. The van der Waals surface area contributed by atoms with Crippen molar-refractivity contribution in [1.29, 1.82) is 0 Å². The molecule has 0 aliphatic rings. The number of benzene rings is 1. The minimum Gasteiger partial charge on any atom is -0.294 e. The summed E-state index contributed by atoms with van der Waals surface area (Å²) in [6.45, 7) is 2.03. The Labute approximate surface area is 120 Å². The van der Waals surface area contributed by atoms with Crippen molar-refractivity contribution >= 4 is 21.9 Å². The smallest absolute Gasteiger partial charge is 0.282 e. The zero-order valence-electron chi connectivity index (χ0n) is 11.1. The summed E-state index contributed by atoms with van der Waals surface area (Å²) in [6, 6.07) is 10.3. The van der Waals surface area contributed by atoms with E-state index in [2.05, 4.69) is 26.7 Å². The van der Waals surface area contributed by atoms with Gasteiger partial charge < -0.3 is 0 Å². The van der Waals surface area contributed by atoms with Crippen LogP contribution in [-0.4, -0.2) is 19.1 Å². The molecular formula is C14H14N4OS. The maximum Gasteiger partial charge on any atom is 0.282 e. The van der Waals surface area contributed by atoms with Crippen LogP contribution in [0.4, 0.5) is 0 Å². The van der Waals surface area contributed by atoms with Gasteiger partial charge in [0.25, 0.3) is 5.56 Å². The Bertz CT molecular complexity index is 765. The van der Waals surface area contributed by atoms with Crippen LogP contribution in [0.3, 0.4) is 0 Å². The van der Waals surface area contributed by atoms with Crippen LogP contribution in [0.1, 0.15) is 24.9 Å². The fourth-order valence-corrected chi connectivity index (χ4v) is 2.68. The van der Waals surface area contributed by atoms with E-state index in [1.807, 2.05) is 25.1 Å². The predicted molar refractivity (Wildman–Crippen MR) is 78.9 cm³/mol. The maximum absolute atomic E-state index is 12.3. The van der Waals surface area contributed by atoms with Gasteiger partial charge in [-0.2, -0.15) is 0 Å². The maximum atomic E-state index is 12.3. The topological polar surface area (TPSA) is 60.7 Å². The zero-order valence-corrected chi connectivity index (χ0v) is 11.9. The van der Waals surface area contributed by atoms with Gasteiger partial charge >= 0.3 is 0 Å². The number of aromatic nitrogens is 4. The lowest BCUT2D eigenvalue weighted by Gasteiger charge is -2.14. The molecule has 0 saturated carbocycles. The summed E-state index contributed by atoms with van der Waals surface area (Å²) in [5, 5.41) is 3.85. The molecule has 3 rings (SSSR count). The Morgan fingerprint density at radius 2 is 2.10 bits per heavy atom. The molecule has 3 aromatic rings. The average molecular weight is 286 g/mol. The molecule has 0 saturated heterocycles. The Kier molecular flexibility index (Phi) is 3.56. The van der Waals surface area contributed by atoms with E-state index in [1.54, 1.807) is 10.9 Å². The first-order valence-electron chi connectivity index (χ1n) is 6.49. The van der Waals surface area contributed by atoms with Crippen molar-refractivity contribution in [2.75, 3.05) is 0 Å². The summed E-state index contributed by atoms with van der Waals surface area (Å²) in [7, 11) is 0. The number of nitrogens with zero attached hydrogens (tertiary/aromatic N) is 4. The molecule has 0 unspecified atom stereocenters. The summed E-state index contributed by atoms with van der Waals surface area (Å²) in [6.07, 6.45) is 3.41. The van der Waals surface area contributed by atoms with E-state index >= 15 is 0 Å². The van der Waals surface area contributed by atoms with E-state index in [4.69, 9.17) is 0 Å². The van der Waals surface area contributed by atoms with Gasteiger partial charge in [0.15, 0.2) is 10.3 Å². The number of rotatable bonds is 4. The fraction of sp³-hybridized carbons (Fsp3) is 0.286. The molecule has 0 spiro atoms. The second kappa shape index (κ2) is 5.50. The van der Waals surface area contributed by atoms with Gasteiger partial charge in [-0.3, -0.25) is 9.36 Å². The van der Waals surface area contributed by atoms with E-state index in [0.717, 1.165) is 24.4 Å². The van der Waals surface area contributed by atoms with Crippen LogP contribution in [0.15, 0.2) is 41.5 Å². The number of hydrogen-bond donors (Lipinski definition) is 0. The van der Waals surface area contributed by atoms with E-state index in [-0.39, 0.29) is 11.6 Å². The van der Waals surface area contributed by atoms with Gasteiger partial charge in [-0.05, 0) is 25.3 Å². The Hall–Kier alpha value is -2.08. The average Bonchev–Trinajstić information content (AvgIpc) is 2.96. The Morgan fingerprint density at radius 1 is 1.30 bits per heavy atom. The van der Waals surface area contributed by atoms with Crippen molar-refractivity contribution in [3.05, 3.63) is 52.6 Å². The lowest BCUT2D eigenvalue weighted by atomic mass is 10.1. The standard InChI is InChI=1S/C14H14N4OS/c1-10(7-8-11-5-3-2-4-6-11)18-9-15-13-12(14(18)19)16-17-20-13/h2-6,9-10H,7-8H2,1H3/t10-/m1/s1. The lowest BCUT2D eigenvalue weighted by Crippen LogP contribution is -2.24. The van der Waals surface area contributed by atoms with E-state index in [0.29, 0.717) is 10.3 Å². The molecule has 0 aliphatic carbocycles. The summed E-state index contributed by atoms with van der Waals surface area (Å²) < 4.78 is 5.42. The first kappa shape index (κ1) is 12.9. The zero-order chi connectivity index (χ0) is 13.9. The normalized spacial score (nSPS) is 12.7. The molecule has 0 fully saturated rings. The molecule has 0 amide bonds. The SMILES string of the molecule is C[C@H](CCc1ccccc1)n1cnc2snnc2c1=O. The molecular weight excluding hydrogens is 272 g/mol. The second-order valence-corrected chi connectivity index (χ2v) is 5.49. The Morgan fingerprint density at radius 3 is 2.90 bits per heavy atom. The van der Waals surface area contributed by atoms with Gasteiger partial charge in [0.05, 0.1) is 6.33 Å². The van der Waals surface area contributed by atoms with E-state index < -0.39 is 0 Å².